The van der Waals surface area contributed by atoms with E-state index >= 15 is 0 Å². The normalized spacial score (nSPS) is 30.2. The van der Waals surface area contributed by atoms with Gasteiger partial charge in [-0.2, -0.15) is 0 Å². The second-order valence-electron chi connectivity index (χ2n) is 5.03. The van der Waals surface area contributed by atoms with Crippen LogP contribution >= 0.6 is 0 Å². The van der Waals surface area contributed by atoms with E-state index in [-0.39, 0.29) is 17.4 Å². The Morgan fingerprint density at radius 1 is 1.31 bits per heavy atom. The van der Waals surface area contributed by atoms with Gasteiger partial charge in [0, 0.05) is 6.07 Å². The Kier molecular flexibility index (Phi) is 2.80. The summed E-state index contributed by atoms with van der Waals surface area (Å²) in [5.74, 6) is 0.385. The highest BCUT2D eigenvalue weighted by molar-refractivity contribution is 5.41. The molecule has 0 bridgehead atoms. The van der Waals surface area contributed by atoms with Gasteiger partial charge in [-0.1, -0.05) is 6.07 Å². The van der Waals surface area contributed by atoms with Gasteiger partial charge in [-0.15, -0.1) is 0 Å². The van der Waals surface area contributed by atoms with Crippen molar-refractivity contribution in [2.24, 2.45) is 0 Å². The fourth-order valence-electron chi connectivity index (χ4n) is 2.61. The summed E-state index contributed by atoms with van der Waals surface area (Å²) in [5, 5.41) is 29.0. The molecule has 0 aromatic heterocycles. The minimum Gasteiger partial charge on any atom is -0.508 e. The van der Waals surface area contributed by atoms with E-state index in [0.29, 0.717) is 6.42 Å². The molecule has 1 fully saturated rings. The maximum absolute atomic E-state index is 10.0. The van der Waals surface area contributed by atoms with Gasteiger partial charge in [0.1, 0.15) is 11.5 Å². The van der Waals surface area contributed by atoms with Crippen LogP contribution in [-0.4, -0.2) is 20.9 Å². The van der Waals surface area contributed by atoms with E-state index in [4.69, 9.17) is 0 Å². The van der Waals surface area contributed by atoms with Crippen LogP contribution < -0.4 is 0 Å². The van der Waals surface area contributed by atoms with Crippen LogP contribution in [0.4, 0.5) is 0 Å². The van der Waals surface area contributed by atoms with Crippen LogP contribution in [0, 0.1) is 0 Å². The molecule has 0 heterocycles. The molecule has 0 radical (unpaired) electrons. The maximum Gasteiger partial charge on any atom is 0.122 e. The number of phenols is 2. The Bertz CT molecular complexity index is 385. The summed E-state index contributed by atoms with van der Waals surface area (Å²) in [4.78, 5) is 0. The average molecular weight is 222 g/mol. The lowest BCUT2D eigenvalue weighted by atomic mass is 9.76. The fraction of sp³-hybridized carbons (Fsp3) is 0.538. The van der Waals surface area contributed by atoms with Crippen LogP contribution in [0.2, 0.25) is 0 Å². The number of hydrogen-bond donors (Lipinski definition) is 3. The minimum atomic E-state index is -0.632. The largest absolute Gasteiger partial charge is 0.508 e. The van der Waals surface area contributed by atoms with Crippen molar-refractivity contribution < 1.29 is 15.3 Å². The molecule has 0 spiro atoms. The zero-order chi connectivity index (χ0) is 11.8. The first-order chi connectivity index (χ1) is 7.48. The molecule has 2 unspecified atom stereocenters. The predicted molar refractivity (Wildman–Crippen MR) is 61.6 cm³/mol. The molecule has 2 rings (SSSR count). The van der Waals surface area contributed by atoms with Crippen molar-refractivity contribution in [3.63, 3.8) is 0 Å². The van der Waals surface area contributed by atoms with Crippen LogP contribution in [0.15, 0.2) is 18.2 Å². The van der Waals surface area contributed by atoms with Gasteiger partial charge in [0.25, 0.3) is 0 Å². The van der Waals surface area contributed by atoms with Gasteiger partial charge >= 0.3 is 0 Å². The lowest BCUT2D eigenvalue weighted by Gasteiger charge is -2.34. The summed E-state index contributed by atoms with van der Waals surface area (Å²) in [6, 6.07) is 4.69. The topological polar surface area (TPSA) is 60.7 Å². The lowest BCUT2D eigenvalue weighted by Crippen LogP contribution is -2.30. The van der Waals surface area contributed by atoms with Crippen molar-refractivity contribution in [2.75, 3.05) is 0 Å². The zero-order valence-corrected chi connectivity index (χ0v) is 9.48. The van der Waals surface area contributed by atoms with Crippen LogP contribution in [0.5, 0.6) is 11.5 Å². The Hall–Kier alpha value is -1.22. The molecule has 0 amide bonds. The van der Waals surface area contributed by atoms with Gasteiger partial charge in [0.05, 0.1) is 5.60 Å². The molecule has 0 saturated heterocycles. The number of aliphatic hydroxyl groups is 1. The van der Waals surface area contributed by atoms with Gasteiger partial charge in [0.2, 0.25) is 0 Å². The second kappa shape index (κ2) is 3.98. The molecule has 1 aliphatic carbocycles. The zero-order valence-electron chi connectivity index (χ0n) is 9.48. The summed E-state index contributed by atoms with van der Waals surface area (Å²) in [7, 11) is 0. The van der Waals surface area contributed by atoms with Crippen molar-refractivity contribution in [2.45, 2.75) is 44.1 Å². The molecule has 2 atom stereocenters. The number of hydrogen-bond acceptors (Lipinski definition) is 3. The van der Waals surface area contributed by atoms with E-state index in [9.17, 15) is 15.3 Å². The van der Waals surface area contributed by atoms with Crippen molar-refractivity contribution in [1.82, 2.24) is 0 Å². The first kappa shape index (κ1) is 11.3. The standard InChI is InChI=1S/C13H18O3/c1-13(16)6-2-3-9(8-13)11-5-4-10(14)7-12(11)15/h4-5,7,9,14-16H,2-3,6,8H2,1H3. The summed E-state index contributed by atoms with van der Waals surface area (Å²) in [5.41, 5.74) is 0.200. The quantitative estimate of drug-likeness (QED) is 0.684. The number of rotatable bonds is 1. The van der Waals surface area contributed by atoms with E-state index in [1.54, 1.807) is 12.1 Å². The third-order valence-corrected chi connectivity index (χ3v) is 3.41. The van der Waals surface area contributed by atoms with Crippen LogP contribution in [-0.2, 0) is 0 Å². The van der Waals surface area contributed by atoms with Crippen LogP contribution in [0.25, 0.3) is 0 Å². The third kappa shape index (κ3) is 2.30. The van der Waals surface area contributed by atoms with Gasteiger partial charge in [0.15, 0.2) is 0 Å². The first-order valence-electron chi connectivity index (χ1n) is 5.72. The van der Waals surface area contributed by atoms with E-state index < -0.39 is 5.60 Å². The monoisotopic (exact) mass is 222 g/mol. The van der Waals surface area contributed by atoms with Gasteiger partial charge in [-0.25, -0.2) is 0 Å². The summed E-state index contributed by atoms with van der Waals surface area (Å²) in [6.45, 7) is 1.84. The van der Waals surface area contributed by atoms with E-state index in [1.807, 2.05) is 6.92 Å². The Labute approximate surface area is 95.4 Å². The van der Waals surface area contributed by atoms with Gasteiger partial charge < -0.3 is 15.3 Å². The molecule has 1 aromatic carbocycles. The molecule has 3 heteroatoms. The molecule has 16 heavy (non-hydrogen) atoms. The fourth-order valence-corrected chi connectivity index (χ4v) is 2.61. The van der Waals surface area contributed by atoms with Crippen LogP contribution in [0.1, 0.15) is 44.1 Å². The average Bonchev–Trinajstić information content (AvgIpc) is 2.15. The third-order valence-electron chi connectivity index (χ3n) is 3.41. The molecule has 0 aliphatic heterocycles. The Morgan fingerprint density at radius 3 is 2.69 bits per heavy atom. The first-order valence-corrected chi connectivity index (χ1v) is 5.72. The second-order valence-corrected chi connectivity index (χ2v) is 5.03. The van der Waals surface area contributed by atoms with E-state index in [2.05, 4.69) is 0 Å². The van der Waals surface area contributed by atoms with E-state index in [0.717, 1.165) is 24.8 Å². The van der Waals surface area contributed by atoms with Crippen molar-refractivity contribution in [3.8, 4) is 11.5 Å². The maximum atomic E-state index is 10.0. The Balaban J connectivity index is 2.23. The van der Waals surface area contributed by atoms with Crippen molar-refractivity contribution in [1.29, 1.82) is 0 Å². The molecular formula is C13H18O3. The summed E-state index contributed by atoms with van der Waals surface area (Å²) in [6.07, 6.45) is 3.44. The van der Waals surface area contributed by atoms with Gasteiger partial charge in [-0.05, 0) is 50.2 Å². The highest BCUT2D eigenvalue weighted by atomic mass is 16.3. The van der Waals surface area contributed by atoms with Crippen LogP contribution in [0.3, 0.4) is 0 Å². The summed E-state index contributed by atoms with van der Waals surface area (Å²) < 4.78 is 0. The molecular weight excluding hydrogens is 204 g/mol. The van der Waals surface area contributed by atoms with E-state index in [1.165, 1.54) is 6.07 Å². The van der Waals surface area contributed by atoms with Gasteiger partial charge in [-0.3, -0.25) is 0 Å². The molecule has 3 N–H and O–H groups in total. The smallest absolute Gasteiger partial charge is 0.122 e. The SMILES string of the molecule is CC1(O)CCCC(c2ccc(O)cc2O)C1. The summed E-state index contributed by atoms with van der Waals surface area (Å²) >= 11 is 0. The minimum absolute atomic E-state index is 0.0730. The lowest BCUT2D eigenvalue weighted by molar-refractivity contribution is 0.0142. The molecule has 1 saturated carbocycles. The number of phenolic OH excluding ortho intramolecular Hbond substituents is 2. The molecule has 88 valence electrons. The van der Waals surface area contributed by atoms with Crippen molar-refractivity contribution >= 4 is 0 Å². The Morgan fingerprint density at radius 2 is 2.06 bits per heavy atom. The highest BCUT2D eigenvalue weighted by Gasteiger charge is 2.31. The molecule has 3 nitrogen and oxygen atoms in total. The molecule has 1 aromatic rings. The number of aromatic hydroxyl groups is 2. The number of benzene rings is 1. The highest BCUT2D eigenvalue weighted by Crippen LogP contribution is 2.41. The molecule has 1 aliphatic rings. The van der Waals surface area contributed by atoms with Crippen molar-refractivity contribution in [3.05, 3.63) is 23.8 Å². The predicted octanol–water partition coefficient (Wildman–Crippen LogP) is 2.51.